The molecule has 0 saturated carbocycles. The largest absolute Gasteiger partial charge is 0.384 e. The molecule has 6 heteroatoms. The van der Waals surface area contributed by atoms with Gasteiger partial charge in [0, 0.05) is 40.3 Å². The molecule has 0 aliphatic carbocycles. The number of likely N-dealkylation sites (tertiary alicyclic amines) is 1. The number of hydrogen-bond acceptors (Lipinski definition) is 5. The van der Waals surface area contributed by atoms with Crippen LogP contribution in [0.3, 0.4) is 0 Å². The minimum absolute atomic E-state index is 0.0741. The van der Waals surface area contributed by atoms with Crippen molar-refractivity contribution in [2.24, 2.45) is 5.92 Å². The lowest BCUT2D eigenvalue weighted by atomic mass is 10.1. The van der Waals surface area contributed by atoms with Crippen LogP contribution in [-0.2, 0) is 19.0 Å². The van der Waals surface area contributed by atoms with Crippen LogP contribution >= 0.6 is 0 Å². The van der Waals surface area contributed by atoms with Gasteiger partial charge in [-0.15, -0.1) is 0 Å². The normalized spacial score (nSPS) is 22.5. The third kappa shape index (κ3) is 4.72. The SMILES string of the molecule is COCN[C@H](C(=O)N1CC[C@H](COC)C1)[C@@H](C)OC. The van der Waals surface area contributed by atoms with Crippen LogP contribution in [0.4, 0.5) is 0 Å². The minimum Gasteiger partial charge on any atom is -0.384 e. The van der Waals surface area contributed by atoms with E-state index in [-0.39, 0.29) is 18.1 Å². The van der Waals surface area contributed by atoms with E-state index in [1.165, 1.54) is 0 Å². The highest BCUT2D eigenvalue weighted by Crippen LogP contribution is 2.18. The fraction of sp³-hybridized carbons (Fsp3) is 0.923. The van der Waals surface area contributed by atoms with Crippen LogP contribution in [-0.4, -0.2) is 70.7 Å². The number of nitrogens with zero attached hydrogens (tertiary/aromatic N) is 1. The maximum absolute atomic E-state index is 12.5. The topological polar surface area (TPSA) is 60.0 Å². The van der Waals surface area contributed by atoms with Crippen LogP contribution in [0.15, 0.2) is 0 Å². The molecule has 6 nitrogen and oxygen atoms in total. The van der Waals surface area contributed by atoms with E-state index < -0.39 is 0 Å². The second kappa shape index (κ2) is 8.47. The third-order valence-corrected chi connectivity index (χ3v) is 3.55. The van der Waals surface area contributed by atoms with Gasteiger partial charge in [-0.25, -0.2) is 0 Å². The zero-order chi connectivity index (χ0) is 14.3. The number of carbonyl (C=O) groups excluding carboxylic acids is 1. The molecule has 0 aromatic carbocycles. The molecular weight excluding hydrogens is 248 g/mol. The third-order valence-electron chi connectivity index (χ3n) is 3.55. The van der Waals surface area contributed by atoms with Gasteiger partial charge in [0.05, 0.1) is 19.4 Å². The minimum atomic E-state index is -0.369. The average Bonchev–Trinajstić information content (AvgIpc) is 2.87. The van der Waals surface area contributed by atoms with E-state index in [9.17, 15) is 4.79 Å². The number of amides is 1. The summed E-state index contributed by atoms with van der Waals surface area (Å²) in [7, 11) is 4.90. The molecule has 0 unspecified atom stereocenters. The second-order valence-electron chi connectivity index (χ2n) is 4.95. The first kappa shape index (κ1) is 16.4. The first-order valence-electron chi connectivity index (χ1n) is 6.66. The molecule has 1 rings (SSSR count). The van der Waals surface area contributed by atoms with Crippen LogP contribution in [0.2, 0.25) is 0 Å². The van der Waals surface area contributed by atoms with E-state index in [0.29, 0.717) is 19.3 Å². The van der Waals surface area contributed by atoms with Crippen molar-refractivity contribution in [3.05, 3.63) is 0 Å². The van der Waals surface area contributed by atoms with Gasteiger partial charge in [-0.1, -0.05) is 0 Å². The van der Waals surface area contributed by atoms with Crippen LogP contribution in [0, 0.1) is 5.92 Å². The first-order chi connectivity index (χ1) is 9.13. The Morgan fingerprint density at radius 2 is 2.11 bits per heavy atom. The summed E-state index contributed by atoms with van der Waals surface area (Å²) in [4.78, 5) is 14.4. The summed E-state index contributed by atoms with van der Waals surface area (Å²) in [5.74, 6) is 0.514. The molecule has 1 fully saturated rings. The Balaban J connectivity index is 2.56. The van der Waals surface area contributed by atoms with E-state index in [4.69, 9.17) is 14.2 Å². The zero-order valence-electron chi connectivity index (χ0n) is 12.3. The molecular formula is C13H26N2O4. The van der Waals surface area contributed by atoms with Crippen molar-refractivity contribution in [3.8, 4) is 0 Å². The van der Waals surface area contributed by atoms with E-state index in [0.717, 1.165) is 19.5 Å². The van der Waals surface area contributed by atoms with E-state index in [2.05, 4.69) is 5.32 Å². The summed E-state index contributed by atoms with van der Waals surface area (Å²) in [5, 5.41) is 3.07. The van der Waals surface area contributed by atoms with Gasteiger partial charge in [-0.2, -0.15) is 0 Å². The molecule has 3 atom stereocenters. The maximum atomic E-state index is 12.5. The summed E-state index contributed by atoms with van der Waals surface area (Å²) in [6.45, 7) is 4.47. The molecule has 0 spiro atoms. The molecule has 1 aliphatic rings. The highest BCUT2D eigenvalue weighted by Gasteiger charge is 2.33. The summed E-state index contributed by atoms with van der Waals surface area (Å²) in [6.07, 6.45) is 0.807. The second-order valence-corrected chi connectivity index (χ2v) is 4.95. The Morgan fingerprint density at radius 1 is 1.37 bits per heavy atom. The van der Waals surface area contributed by atoms with Crippen molar-refractivity contribution < 1.29 is 19.0 Å². The lowest BCUT2D eigenvalue weighted by Gasteiger charge is -2.27. The van der Waals surface area contributed by atoms with Gasteiger partial charge in [0.15, 0.2) is 0 Å². The van der Waals surface area contributed by atoms with Crippen LogP contribution in [0.5, 0.6) is 0 Å². The van der Waals surface area contributed by atoms with Crippen molar-refractivity contribution in [3.63, 3.8) is 0 Å². The molecule has 0 bridgehead atoms. The Morgan fingerprint density at radius 3 is 2.68 bits per heavy atom. The van der Waals surface area contributed by atoms with Crippen LogP contribution < -0.4 is 5.32 Å². The van der Waals surface area contributed by atoms with E-state index in [1.54, 1.807) is 21.3 Å². The van der Waals surface area contributed by atoms with Gasteiger partial charge in [-0.3, -0.25) is 10.1 Å². The van der Waals surface area contributed by atoms with Gasteiger partial charge in [0.25, 0.3) is 0 Å². The van der Waals surface area contributed by atoms with E-state index >= 15 is 0 Å². The van der Waals surface area contributed by atoms with Crippen LogP contribution in [0.1, 0.15) is 13.3 Å². The molecule has 1 amide bonds. The van der Waals surface area contributed by atoms with Crippen LogP contribution in [0.25, 0.3) is 0 Å². The fourth-order valence-electron chi connectivity index (χ4n) is 2.36. The molecule has 19 heavy (non-hydrogen) atoms. The highest BCUT2D eigenvalue weighted by atomic mass is 16.5. The van der Waals surface area contributed by atoms with Crippen molar-refractivity contribution in [1.29, 1.82) is 0 Å². The van der Waals surface area contributed by atoms with Gasteiger partial charge >= 0.3 is 0 Å². The first-order valence-corrected chi connectivity index (χ1v) is 6.66. The van der Waals surface area contributed by atoms with Crippen molar-refractivity contribution >= 4 is 5.91 Å². The Kier molecular flexibility index (Phi) is 7.30. The van der Waals surface area contributed by atoms with Crippen molar-refractivity contribution in [2.45, 2.75) is 25.5 Å². The summed E-state index contributed by atoms with van der Waals surface area (Å²) in [6, 6.07) is -0.369. The molecule has 112 valence electrons. The fourth-order valence-corrected chi connectivity index (χ4v) is 2.36. The Labute approximate surface area is 115 Å². The molecule has 1 saturated heterocycles. The predicted molar refractivity (Wildman–Crippen MR) is 71.8 cm³/mol. The summed E-state index contributed by atoms with van der Waals surface area (Å²) in [5.41, 5.74) is 0. The zero-order valence-corrected chi connectivity index (χ0v) is 12.3. The number of ether oxygens (including phenoxy) is 3. The molecule has 0 aromatic rings. The molecule has 1 aliphatic heterocycles. The highest BCUT2D eigenvalue weighted by molar-refractivity contribution is 5.82. The lowest BCUT2D eigenvalue weighted by Crippen LogP contribution is -2.52. The lowest BCUT2D eigenvalue weighted by molar-refractivity contribution is -0.136. The smallest absolute Gasteiger partial charge is 0.242 e. The number of carbonyl (C=O) groups is 1. The standard InChI is InChI=1S/C13H26N2O4/c1-10(19-4)12(14-9-18-3)13(16)15-6-5-11(7-15)8-17-2/h10-12,14H,5-9H2,1-4H3/t10-,11+,12+/m1/s1. The van der Waals surface area contributed by atoms with Gasteiger partial charge in [-0.05, 0) is 13.3 Å². The van der Waals surface area contributed by atoms with Gasteiger partial charge in [0.2, 0.25) is 5.91 Å². The predicted octanol–water partition coefficient (Wildman–Crippen LogP) is 0.0783. The molecule has 0 aromatic heterocycles. The Bertz CT molecular complexity index is 275. The molecule has 1 N–H and O–H groups in total. The van der Waals surface area contributed by atoms with E-state index in [1.807, 2.05) is 11.8 Å². The Hall–Kier alpha value is -0.690. The van der Waals surface area contributed by atoms with Crippen molar-refractivity contribution in [2.75, 3.05) is 47.8 Å². The quantitative estimate of drug-likeness (QED) is 0.635. The number of methoxy groups -OCH3 is 3. The summed E-state index contributed by atoms with van der Waals surface area (Å²) >= 11 is 0. The number of rotatable bonds is 8. The van der Waals surface area contributed by atoms with Crippen molar-refractivity contribution in [1.82, 2.24) is 10.2 Å². The monoisotopic (exact) mass is 274 g/mol. The number of hydrogen-bond donors (Lipinski definition) is 1. The molecule has 0 radical (unpaired) electrons. The van der Waals surface area contributed by atoms with Gasteiger partial charge in [0.1, 0.15) is 6.04 Å². The molecule has 1 heterocycles. The number of nitrogens with one attached hydrogen (secondary N) is 1. The summed E-state index contributed by atoms with van der Waals surface area (Å²) < 4.78 is 15.4. The average molecular weight is 274 g/mol. The van der Waals surface area contributed by atoms with Gasteiger partial charge < -0.3 is 19.1 Å². The maximum Gasteiger partial charge on any atom is 0.242 e.